The summed E-state index contributed by atoms with van der Waals surface area (Å²) in [7, 11) is 0. The minimum absolute atomic E-state index is 0.0811. The van der Waals surface area contributed by atoms with E-state index >= 15 is 0 Å². The minimum Gasteiger partial charge on any atom is -0.339 e. The van der Waals surface area contributed by atoms with Gasteiger partial charge in [0.25, 0.3) is 5.91 Å². The van der Waals surface area contributed by atoms with Crippen LogP contribution in [0.3, 0.4) is 0 Å². The molecule has 1 saturated heterocycles. The van der Waals surface area contributed by atoms with E-state index in [0.717, 1.165) is 4.88 Å². The summed E-state index contributed by atoms with van der Waals surface area (Å²) < 4.78 is 0. The van der Waals surface area contributed by atoms with Crippen LogP contribution in [0.4, 0.5) is 0 Å². The second kappa shape index (κ2) is 6.33. The van der Waals surface area contributed by atoms with E-state index in [4.69, 9.17) is 0 Å². The summed E-state index contributed by atoms with van der Waals surface area (Å²) in [6, 6.07) is 3.73. The van der Waals surface area contributed by atoms with Crippen molar-refractivity contribution in [2.24, 2.45) is 0 Å². The summed E-state index contributed by atoms with van der Waals surface area (Å²) in [6.45, 7) is 2.54. The molecule has 2 amide bonds. The van der Waals surface area contributed by atoms with Gasteiger partial charge in [0.15, 0.2) is 0 Å². The summed E-state index contributed by atoms with van der Waals surface area (Å²) in [5.41, 5.74) is 0. The van der Waals surface area contributed by atoms with Crippen molar-refractivity contribution in [2.75, 3.05) is 31.5 Å². The van der Waals surface area contributed by atoms with Crippen molar-refractivity contribution in [3.63, 3.8) is 0 Å². The summed E-state index contributed by atoms with van der Waals surface area (Å²) in [5, 5.41) is 2.60. The molecule has 1 fully saturated rings. The molecule has 2 rings (SSSR count). The maximum Gasteiger partial charge on any atom is 0.264 e. The molecule has 0 aromatic carbocycles. The second-order valence-corrected chi connectivity index (χ2v) is 5.83. The van der Waals surface area contributed by atoms with Gasteiger partial charge in [-0.1, -0.05) is 22.0 Å². The van der Waals surface area contributed by atoms with Gasteiger partial charge < -0.3 is 9.80 Å². The molecule has 0 atom stereocenters. The molecule has 98 valence electrons. The first-order valence-corrected chi connectivity index (χ1v) is 7.89. The molecule has 0 saturated carbocycles. The Labute approximate surface area is 119 Å². The van der Waals surface area contributed by atoms with Crippen molar-refractivity contribution >= 4 is 39.1 Å². The Bertz CT molecular complexity index is 414. The zero-order chi connectivity index (χ0) is 13.0. The molecule has 6 heteroatoms. The molecule has 0 bridgehead atoms. The van der Waals surface area contributed by atoms with Crippen molar-refractivity contribution < 1.29 is 9.59 Å². The third kappa shape index (κ3) is 3.11. The maximum absolute atomic E-state index is 12.1. The van der Waals surface area contributed by atoms with Crippen LogP contribution in [0.25, 0.3) is 0 Å². The molecule has 18 heavy (non-hydrogen) atoms. The third-order valence-electron chi connectivity index (χ3n) is 2.96. The molecule has 0 spiro atoms. The Hall–Kier alpha value is -0.880. The van der Waals surface area contributed by atoms with Crippen LogP contribution < -0.4 is 0 Å². The van der Waals surface area contributed by atoms with Gasteiger partial charge in [0.1, 0.15) is 0 Å². The molecule has 0 radical (unpaired) electrons. The Balaban J connectivity index is 1.87. The SMILES string of the molecule is O=C(CCBr)N1CCN(C(=O)c2cccs2)CC1. The monoisotopic (exact) mass is 330 g/mol. The number of carbonyl (C=O) groups is 2. The number of piperazine rings is 1. The summed E-state index contributed by atoms with van der Waals surface area (Å²) >= 11 is 4.73. The standard InChI is InChI=1S/C12H15BrN2O2S/c13-4-3-11(16)14-5-7-15(8-6-14)12(17)10-2-1-9-18-10/h1-2,9H,3-8H2. The fourth-order valence-corrected chi connectivity index (χ4v) is 2.98. The number of amides is 2. The molecule has 2 heterocycles. The van der Waals surface area contributed by atoms with Gasteiger partial charge in [0, 0.05) is 37.9 Å². The maximum atomic E-state index is 12.1. The number of rotatable bonds is 3. The third-order valence-corrected chi connectivity index (χ3v) is 4.21. The highest BCUT2D eigenvalue weighted by molar-refractivity contribution is 9.09. The van der Waals surface area contributed by atoms with E-state index in [1.807, 2.05) is 27.3 Å². The fourth-order valence-electron chi connectivity index (χ4n) is 1.95. The lowest BCUT2D eigenvalue weighted by molar-refractivity contribution is -0.132. The number of hydrogen-bond acceptors (Lipinski definition) is 3. The quantitative estimate of drug-likeness (QED) is 0.793. The highest BCUT2D eigenvalue weighted by Gasteiger charge is 2.24. The predicted octanol–water partition coefficient (Wildman–Crippen LogP) is 1.82. The second-order valence-electron chi connectivity index (χ2n) is 4.09. The molecule has 4 nitrogen and oxygen atoms in total. The number of thiophene rings is 1. The van der Waals surface area contributed by atoms with Crippen molar-refractivity contribution in [2.45, 2.75) is 6.42 Å². The molecule has 1 aromatic rings. The number of hydrogen-bond donors (Lipinski definition) is 0. The number of halogens is 1. The van der Waals surface area contributed by atoms with Crippen molar-refractivity contribution in [1.29, 1.82) is 0 Å². The Morgan fingerprint density at radius 2 is 1.89 bits per heavy atom. The number of nitrogens with zero attached hydrogens (tertiary/aromatic N) is 2. The average molecular weight is 331 g/mol. The lowest BCUT2D eigenvalue weighted by Gasteiger charge is -2.34. The smallest absolute Gasteiger partial charge is 0.264 e. The van der Waals surface area contributed by atoms with E-state index in [-0.39, 0.29) is 11.8 Å². The first-order chi connectivity index (χ1) is 8.72. The van der Waals surface area contributed by atoms with E-state index in [0.29, 0.717) is 37.9 Å². The molecule has 0 unspecified atom stereocenters. The van der Waals surface area contributed by atoms with Crippen LogP contribution in [-0.2, 0) is 4.79 Å². The number of alkyl halides is 1. The Morgan fingerprint density at radius 1 is 1.22 bits per heavy atom. The van der Waals surface area contributed by atoms with Crippen molar-refractivity contribution in [3.05, 3.63) is 22.4 Å². The zero-order valence-corrected chi connectivity index (χ0v) is 12.4. The van der Waals surface area contributed by atoms with Gasteiger partial charge in [0.05, 0.1) is 4.88 Å². The molecule has 1 aromatic heterocycles. The molecule has 1 aliphatic rings. The molecule has 0 N–H and O–H groups in total. The average Bonchev–Trinajstić information content (AvgIpc) is 2.92. The first-order valence-electron chi connectivity index (χ1n) is 5.89. The van der Waals surface area contributed by atoms with E-state index < -0.39 is 0 Å². The van der Waals surface area contributed by atoms with E-state index in [1.165, 1.54) is 11.3 Å². The fraction of sp³-hybridized carbons (Fsp3) is 0.500. The molecular weight excluding hydrogens is 316 g/mol. The van der Waals surface area contributed by atoms with Crippen molar-refractivity contribution in [3.8, 4) is 0 Å². The van der Waals surface area contributed by atoms with Gasteiger partial charge in [-0.05, 0) is 11.4 Å². The lowest BCUT2D eigenvalue weighted by atomic mass is 10.2. The van der Waals surface area contributed by atoms with Crippen LogP contribution >= 0.6 is 27.3 Å². The minimum atomic E-state index is 0.0811. The van der Waals surface area contributed by atoms with E-state index in [2.05, 4.69) is 15.9 Å². The van der Waals surface area contributed by atoms with Gasteiger partial charge in [-0.2, -0.15) is 0 Å². The predicted molar refractivity (Wildman–Crippen MR) is 75.2 cm³/mol. The zero-order valence-electron chi connectivity index (χ0n) is 9.97. The molecule has 0 aliphatic carbocycles. The van der Waals surface area contributed by atoms with E-state index in [1.54, 1.807) is 0 Å². The van der Waals surface area contributed by atoms with Crippen molar-refractivity contribution in [1.82, 2.24) is 9.80 Å². The lowest BCUT2D eigenvalue weighted by Crippen LogP contribution is -2.50. The van der Waals surface area contributed by atoms with Gasteiger partial charge in [-0.25, -0.2) is 0 Å². The van der Waals surface area contributed by atoms with Gasteiger partial charge in [-0.3, -0.25) is 9.59 Å². The summed E-state index contributed by atoms with van der Waals surface area (Å²) in [4.78, 5) is 28.2. The highest BCUT2D eigenvalue weighted by atomic mass is 79.9. The summed E-state index contributed by atoms with van der Waals surface area (Å²) in [5.74, 6) is 0.243. The Morgan fingerprint density at radius 3 is 2.44 bits per heavy atom. The normalized spacial score (nSPS) is 15.8. The summed E-state index contributed by atoms with van der Waals surface area (Å²) in [6.07, 6.45) is 0.527. The van der Waals surface area contributed by atoms with Crippen LogP contribution in [0.5, 0.6) is 0 Å². The van der Waals surface area contributed by atoms with Gasteiger partial charge in [0.2, 0.25) is 5.91 Å². The van der Waals surface area contributed by atoms with Crippen LogP contribution in [-0.4, -0.2) is 53.1 Å². The Kier molecular flexibility index (Phi) is 4.77. The molecular formula is C12H15BrN2O2S. The van der Waals surface area contributed by atoms with Gasteiger partial charge in [-0.15, -0.1) is 11.3 Å². The van der Waals surface area contributed by atoms with Gasteiger partial charge >= 0.3 is 0 Å². The highest BCUT2D eigenvalue weighted by Crippen LogP contribution is 2.14. The topological polar surface area (TPSA) is 40.6 Å². The van der Waals surface area contributed by atoms with Crippen LogP contribution in [0.2, 0.25) is 0 Å². The largest absolute Gasteiger partial charge is 0.339 e. The van der Waals surface area contributed by atoms with Crippen LogP contribution in [0.1, 0.15) is 16.1 Å². The van der Waals surface area contributed by atoms with Crippen LogP contribution in [0, 0.1) is 0 Å². The number of carbonyl (C=O) groups excluding carboxylic acids is 2. The van der Waals surface area contributed by atoms with E-state index in [9.17, 15) is 9.59 Å². The van der Waals surface area contributed by atoms with Crippen LogP contribution in [0.15, 0.2) is 17.5 Å². The molecule has 1 aliphatic heterocycles. The first kappa shape index (κ1) is 13.5.